The largest absolute Gasteiger partial charge is 0.481 e. The minimum absolute atomic E-state index is 0.279. The van der Waals surface area contributed by atoms with Crippen LogP contribution < -0.4 is 15.4 Å². The lowest BCUT2D eigenvalue weighted by Crippen LogP contribution is -2.32. The smallest absolute Gasteiger partial charge is 0.265 e. The predicted octanol–water partition coefficient (Wildman–Crippen LogP) is 4.34. The number of benzene rings is 2. The van der Waals surface area contributed by atoms with Crippen molar-refractivity contribution in [2.24, 2.45) is 0 Å². The van der Waals surface area contributed by atoms with E-state index in [2.05, 4.69) is 21.7 Å². The van der Waals surface area contributed by atoms with Crippen molar-refractivity contribution < 1.29 is 14.3 Å². The summed E-state index contributed by atoms with van der Waals surface area (Å²) < 4.78 is 5.93. The number of para-hydroxylation sites is 1. The first-order valence-electron chi connectivity index (χ1n) is 10.2. The van der Waals surface area contributed by atoms with Crippen LogP contribution in [0.5, 0.6) is 5.75 Å². The molecule has 3 aromatic rings. The van der Waals surface area contributed by atoms with Crippen LogP contribution in [-0.2, 0) is 11.3 Å². The van der Waals surface area contributed by atoms with Crippen molar-refractivity contribution in [3.63, 3.8) is 0 Å². The molecular formula is C25H27N3O3. The Morgan fingerprint density at radius 2 is 1.84 bits per heavy atom. The number of nitrogens with zero attached hydrogens (tertiary/aromatic N) is 1. The lowest BCUT2D eigenvalue weighted by atomic mass is 10.1. The zero-order valence-electron chi connectivity index (χ0n) is 18.2. The van der Waals surface area contributed by atoms with E-state index in [1.54, 1.807) is 43.6 Å². The molecule has 0 unspecified atom stereocenters. The SMILES string of the molecule is Cc1cc(C)c(C)c(O[C@@H](C)C(=O)Nc2ccccc2C(=O)NCc2cccnc2)c1. The molecule has 0 radical (unpaired) electrons. The molecule has 2 N–H and O–H groups in total. The first-order chi connectivity index (χ1) is 14.8. The Morgan fingerprint density at radius 1 is 1.06 bits per heavy atom. The standard InChI is InChI=1S/C25H27N3O3/c1-16-12-17(2)18(3)23(13-16)31-19(4)24(29)28-22-10-6-5-9-21(22)25(30)27-15-20-8-7-11-26-14-20/h5-14,19H,15H2,1-4H3,(H,27,30)(H,28,29)/t19-/m0/s1. The van der Waals surface area contributed by atoms with Gasteiger partial charge in [0.2, 0.25) is 0 Å². The average Bonchev–Trinajstić information content (AvgIpc) is 2.76. The van der Waals surface area contributed by atoms with E-state index in [-0.39, 0.29) is 11.8 Å². The quantitative estimate of drug-likeness (QED) is 0.599. The van der Waals surface area contributed by atoms with Crippen LogP contribution in [0.3, 0.4) is 0 Å². The van der Waals surface area contributed by atoms with Gasteiger partial charge in [0, 0.05) is 18.9 Å². The number of rotatable bonds is 7. The van der Waals surface area contributed by atoms with E-state index >= 15 is 0 Å². The molecule has 31 heavy (non-hydrogen) atoms. The number of hydrogen-bond acceptors (Lipinski definition) is 4. The molecule has 0 aliphatic carbocycles. The fourth-order valence-corrected chi connectivity index (χ4v) is 3.17. The van der Waals surface area contributed by atoms with Gasteiger partial charge in [0.25, 0.3) is 11.8 Å². The van der Waals surface area contributed by atoms with Gasteiger partial charge in [-0.3, -0.25) is 14.6 Å². The Bertz CT molecular complexity index is 1080. The molecule has 0 aliphatic heterocycles. The Hall–Kier alpha value is -3.67. The maximum atomic E-state index is 12.8. The lowest BCUT2D eigenvalue weighted by Gasteiger charge is -2.19. The van der Waals surface area contributed by atoms with E-state index in [1.165, 1.54) is 0 Å². The van der Waals surface area contributed by atoms with Gasteiger partial charge in [-0.15, -0.1) is 0 Å². The second-order valence-corrected chi connectivity index (χ2v) is 7.54. The summed E-state index contributed by atoms with van der Waals surface area (Å²) in [5.41, 5.74) is 4.89. The van der Waals surface area contributed by atoms with Crippen LogP contribution in [0.25, 0.3) is 0 Å². The minimum atomic E-state index is -0.730. The van der Waals surface area contributed by atoms with E-state index in [1.807, 2.05) is 39.0 Å². The van der Waals surface area contributed by atoms with Crippen molar-refractivity contribution in [3.8, 4) is 5.75 Å². The van der Waals surface area contributed by atoms with Crippen LogP contribution in [0.4, 0.5) is 5.69 Å². The third-order valence-corrected chi connectivity index (χ3v) is 5.04. The predicted molar refractivity (Wildman–Crippen MR) is 121 cm³/mol. The lowest BCUT2D eigenvalue weighted by molar-refractivity contribution is -0.122. The van der Waals surface area contributed by atoms with Gasteiger partial charge in [-0.05, 0) is 74.2 Å². The van der Waals surface area contributed by atoms with E-state index in [9.17, 15) is 9.59 Å². The first kappa shape index (κ1) is 22.0. The van der Waals surface area contributed by atoms with E-state index in [4.69, 9.17) is 4.74 Å². The van der Waals surface area contributed by atoms with Crippen LogP contribution in [0.2, 0.25) is 0 Å². The molecule has 6 heteroatoms. The number of carbonyl (C=O) groups excluding carboxylic acids is 2. The highest BCUT2D eigenvalue weighted by Gasteiger charge is 2.19. The zero-order valence-corrected chi connectivity index (χ0v) is 18.2. The number of carbonyl (C=O) groups is 2. The zero-order chi connectivity index (χ0) is 22.4. The van der Waals surface area contributed by atoms with Gasteiger partial charge < -0.3 is 15.4 Å². The summed E-state index contributed by atoms with van der Waals surface area (Å²) in [6.07, 6.45) is 2.65. The fourth-order valence-electron chi connectivity index (χ4n) is 3.17. The van der Waals surface area contributed by atoms with Gasteiger partial charge in [-0.25, -0.2) is 0 Å². The third kappa shape index (κ3) is 5.69. The molecule has 0 fully saturated rings. The highest BCUT2D eigenvalue weighted by atomic mass is 16.5. The monoisotopic (exact) mass is 417 g/mol. The molecule has 1 atom stereocenters. The van der Waals surface area contributed by atoms with Crippen LogP contribution in [-0.4, -0.2) is 22.9 Å². The molecule has 0 bridgehead atoms. The Balaban J connectivity index is 1.68. The summed E-state index contributed by atoms with van der Waals surface area (Å²) in [4.78, 5) is 29.5. The summed E-state index contributed by atoms with van der Waals surface area (Å²) in [5, 5.41) is 5.68. The summed E-state index contributed by atoms with van der Waals surface area (Å²) in [7, 11) is 0. The molecular weight excluding hydrogens is 390 g/mol. The minimum Gasteiger partial charge on any atom is -0.481 e. The topological polar surface area (TPSA) is 80.3 Å². The molecule has 2 aromatic carbocycles. The van der Waals surface area contributed by atoms with Crippen molar-refractivity contribution in [2.45, 2.75) is 40.3 Å². The summed E-state index contributed by atoms with van der Waals surface area (Å²) in [6, 6.07) is 14.6. The number of hydrogen-bond donors (Lipinski definition) is 2. The highest BCUT2D eigenvalue weighted by Crippen LogP contribution is 2.25. The molecule has 1 aromatic heterocycles. The molecule has 2 amide bonds. The van der Waals surface area contributed by atoms with Gasteiger partial charge in [-0.1, -0.05) is 24.3 Å². The van der Waals surface area contributed by atoms with Crippen molar-refractivity contribution in [3.05, 3.63) is 88.7 Å². The fraction of sp³-hybridized carbons (Fsp3) is 0.240. The number of nitrogens with one attached hydrogen (secondary N) is 2. The number of amides is 2. The molecule has 6 nitrogen and oxygen atoms in total. The maximum absolute atomic E-state index is 12.8. The van der Waals surface area contributed by atoms with Gasteiger partial charge in [0.15, 0.2) is 6.10 Å². The number of anilines is 1. The van der Waals surface area contributed by atoms with Crippen LogP contribution in [0.1, 0.15) is 39.5 Å². The molecule has 0 aliphatic rings. The average molecular weight is 418 g/mol. The van der Waals surface area contributed by atoms with Gasteiger partial charge in [-0.2, -0.15) is 0 Å². The summed E-state index contributed by atoms with van der Waals surface area (Å²) in [5.74, 6) is 0.0761. The Labute approximate surface area is 182 Å². The number of aryl methyl sites for hydroxylation is 2. The number of aromatic nitrogens is 1. The first-order valence-corrected chi connectivity index (χ1v) is 10.2. The molecule has 1 heterocycles. The molecule has 0 spiro atoms. The van der Waals surface area contributed by atoms with Gasteiger partial charge >= 0.3 is 0 Å². The normalized spacial score (nSPS) is 11.5. The van der Waals surface area contributed by atoms with E-state index in [0.29, 0.717) is 23.5 Å². The van der Waals surface area contributed by atoms with Crippen LogP contribution in [0, 0.1) is 20.8 Å². The van der Waals surface area contributed by atoms with E-state index in [0.717, 1.165) is 22.3 Å². The number of ether oxygens (including phenoxy) is 1. The van der Waals surface area contributed by atoms with Crippen LogP contribution >= 0.6 is 0 Å². The maximum Gasteiger partial charge on any atom is 0.265 e. The number of pyridine rings is 1. The molecule has 0 saturated heterocycles. The van der Waals surface area contributed by atoms with Gasteiger partial charge in [0.05, 0.1) is 11.3 Å². The highest BCUT2D eigenvalue weighted by molar-refractivity contribution is 6.04. The van der Waals surface area contributed by atoms with Crippen molar-refractivity contribution >= 4 is 17.5 Å². The molecule has 3 rings (SSSR count). The Morgan fingerprint density at radius 3 is 2.58 bits per heavy atom. The van der Waals surface area contributed by atoms with Crippen molar-refractivity contribution in [2.75, 3.05) is 5.32 Å². The van der Waals surface area contributed by atoms with Crippen LogP contribution in [0.15, 0.2) is 60.9 Å². The summed E-state index contributed by atoms with van der Waals surface area (Å²) in [6.45, 7) is 8.01. The van der Waals surface area contributed by atoms with Crippen molar-refractivity contribution in [1.29, 1.82) is 0 Å². The van der Waals surface area contributed by atoms with Gasteiger partial charge in [0.1, 0.15) is 5.75 Å². The summed E-state index contributed by atoms with van der Waals surface area (Å²) >= 11 is 0. The molecule has 160 valence electrons. The Kier molecular flexibility index (Phi) is 7.03. The van der Waals surface area contributed by atoms with Crippen molar-refractivity contribution in [1.82, 2.24) is 10.3 Å². The second-order valence-electron chi connectivity index (χ2n) is 7.54. The third-order valence-electron chi connectivity index (χ3n) is 5.04. The molecule has 0 saturated carbocycles. The van der Waals surface area contributed by atoms with E-state index < -0.39 is 6.10 Å². The second kappa shape index (κ2) is 9.89.